The van der Waals surface area contributed by atoms with Crippen molar-refractivity contribution in [2.45, 2.75) is 24.9 Å². The number of ether oxygens (including phenoxy) is 1. The molecule has 0 aromatic rings. The fourth-order valence-corrected chi connectivity index (χ4v) is 3.43. The predicted molar refractivity (Wildman–Crippen MR) is 48.6 cm³/mol. The van der Waals surface area contributed by atoms with E-state index in [1.807, 2.05) is 0 Å². The average Bonchev–Trinajstić information content (AvgIpc) is 2.39. The Bertz CT molecular complexity index is 295. The number of morpholine rings is 1. The second-order valence-electron chi connectivity index (χ2n) is 3.46. The molecule has 0 amide bonds. The lowest BCUT2D eigenvalue weighted by atomic mass is 10.2. The van der Waals surface area contributed by atoms with Crippen molar-refractivity contribution in [3.8, 4) is 0 Å². The summed E-state index contributed by atoms with van der Waals surface area (Å²) < 4.78 is 30.0. The standard InChI is InChI=1S/C8H13NO3S/c1-2-13(10,11)9-7-3-4-8(9)6-12-5-7/h2,7-8H,1,3-6H2. The van der Waals surface area contributed by atoms with E-state index in [0.29, 0.717) is 13.2 Å². The Morgan fingerprint density at radius 2 is 1.85 bits per heavy atom. The second-order valence-corrected chi connectivity index (χ2v) is 5.25. The fourth-order valence-electron chi connectivity index (χ4n) is 2.09. The van der Waals surface area contributed by atoms with E-state index in [1.165, 1.54) is 0 Å². The summed E-state index contributed by atoms with van der Waals surface area (Å²) in [6.45, 7) is 4.40. The third-order valence-corrected chi connectivity index (χ3v) is 4.28. The Morgan fingerprint density at radius 1 is 1.31 bits per heavy atom. The molecule has 2 atom stereocenters. The molecule has 2 rings (SSSR count). The topological polar surface area (TPSA) is 46.6 Å². The van der Waals surface area contributed by atoms with Gasteiger partial charge in [-0.25, -0.2) is 8.42 Å². The predicted octanol–water partition coefficient (Wildman–Crippen LogP) is 0.323. The maximum atomic E-state index is 11.6. The van der Waals surface area contributed by atoms with E-state index in [4.69, 9.17) is 4.74 Å². The van der Waals surface area contributed by atoms with E-state index < -0.39 is 10.0 Å². The number of hydrogen-bond donors (Lipinski definition) is 0. The second kappa shape index (κ2) is 3.08. The first-order valence-electron chi connectivity index (χ1n) is 4.39. The van der Waals surface area contributed by atoms with Gasteiger partial charge in [0, 0.05) is 17.5 Å². The highest BCUT2D eigenvalue weighted by Gasteiger charge is 2.43. The van der Waals surface area contributed by atoms with Crippen LogP contribution in [0.15, 0.2) is 12.0 Å². The number of nitrogens with zero attached hydrogens (tertiary/aromatic N) is 1. The minimum atomic E-state index is -3.24. The van der Waals surface area contributed by atoms with Crippen molar-refractivity contribution in [3.63, 3.8) is 0 Å². The Hall–Kier alpha value is -0.390. The first-order valence-corrected chi connectivity index (χ1v) is 5.89. The third-order valence-electron chi connectivity index (χ3n) is 2.68. The molecule has 2 aliphatic rings. The van der Waals surface area contributed by atoms with Crippen LogP contribution in [0.1, 0.15) is 12.8 Å². The monoisotopic (exact) mass is 203 g/mol. The van der Waals surface area contributed by atoms with E-state index in [0.717, 1.165) is 18.2 Å². The summed E-state index contributed by atoms with van der Waals surface area (Å²) in [5.74, 6) is 0. The van der Waals surface area contributed by atoms with Crippen LogP contribution < -0.4 is 0 Å². The highest BCUT2D eigenvalue weighted by atomic mass is 32.2. The van der Waals surface area contributed by atoms with Gasteiger partial charge in [-0.05, 0) is 12.8 Å². The Morgan fingerprint density at radius 3 is 2.31 bits per heavy atom. The minimum Gasteiger partial charge on any atom is -0.378 e. The van der Waals surface area contributed by atoms with Gasteiger partial charge in [-0.3, -0.25) is 0 Å². The van der Waals surface area contributed by atoms with Crippen LogP contribution in [0.5, 0.6) is 0 Å². The molecule has 74 valence electrons. The molecule has 2 aliphatic heterocycles. The summed E-state index contributed by atoms with van der Waals surface area (Å²) in [6, 6.07) is 0.0866. The van der Waals surface area contributed by atoms with Crippen molar-refractivity contribution in [2.75, 3.05) is 13.2 Å². The molecule has 0 aromatic carbocycles. The molecule has 13 heavy (non-hydrogen) atoms. The van der Waals surface area contributed by atoms with Crippen LogP contribution in [0.3, 0.4) is 0 Å². The molecule has 5 heteroatoms. The zero-order valence-corrected chi connectivity index (χ0v) is 8.16. The lowest BCUT2D eigenvalue weighted by Crippen LogP contribution is -2.48. The van der Waals surface area contributed by atoms with Crippen LogP contribution in [0, 0.1) is 0 Å². The van der Waals surface area contributed by atoms with Crippen molar-refractivity contribution in [1.29, 1.82) is 0 Å². The summed E-state index contributed by atoms with van der Waals surface area (Å²) in [5.41, 5.74) is 0. The van der Waals surface area contributed by atoms with Crippen LogP contribution in [0.25, 0.3) is 0 Å². The minimum absolute atomic E-state index is 0.0433. The molecule has 0 saturated carbocycles. The molecular formula is C8H13NO3S. The SMILES string of the molecule is C=CS(=O)(=O)N1C2CCC1COC2. The van der Waals surface area contributed by atoms with Gasteiger partial charge in [0.25, 0.3) is 0 Å². The van der Waals surface area contributed by atoms with Crippen LogP contribution in [-0.4, -0.2) is 38.0 Å². The molecule has 0 spiro atoms. The summed E-state index contributed by atoms with van der Waals surface area (Å²) in [4.78, 5) is 0. The summed E-state index contributed by atoms with van der Waals surface area (Å²) in [5, 5.41) is 1.03. The molecule has 2 bridgehead atoms. The molecule has 4 nitrogen and oxygen atoms in total. The van der Waals surface area contributed by atoms with Gasteiger partial charge < -0.3 is 4.74 Å². The van der Waals surface area contributed by atoms with Gasteiger partial charge in [0.2, 0.25) is 10.0 Å². The quantitative estimate of drug-likeness (QED) is 0.649. The lowest BCUT2D eigenvalue weighted by Gasteiger charge is -2.32. The molecule has 2 heterocycles. The maximum Gasteiger partial charge on any atom is 0.236 e. The van der Waals surface area contributed by atoms with Crippen molar-refractivity contribution in [2.24, 2.45) is 0 Å². The maximum absolute atomic E-state index is 11.6. The van der Waals surface area contributed by atoms with Crippen molar-refractivity contribution in [3.05, 3.63) is 12.0 Å². The first kappa shape index (κ1) is 9.18. The molecule has 2 saturated heterocycles. The zero-order valence-electron chi connectivity index (χ0n) is 7.35. The van der Waals surface area contributed by atoms with E-state index in [-0.39, 0.29) is 12.1 Å². The number of sulfonamides is 1. The van der Waals surface area contributed by atoms with Crippen molar-refractivity contribution >= 4 is 10.0 Å². The van der Waals surface area contributed by atoms with Gasteiger partial charge in [0.1, 0.15) is 0 Å². The molecular weight excluding hydrogens is 190 g/mol. The average molecular weight is 203 g/mol. The normalized spacial score (nSPS) is 34.8. The lowest BCUT2D eigenvalue weighted by molar-refractivity contribution is 0.0275. The van der Waals surface area contributed by atoms with Gasteiger partial charge in [-0.2, -0.15) is 4.31 Å². The molecule has 2 fully saturated rings. The zero-order chi connectivity index (χ0) is 9.47. The van der Waals surface area contributed by atoms with E-state index in [2.05, 4.69) is 6.58 Å². The molecule has 2 unspecified atom stereocenters. The van der Waals surface area contributed by atoms with Crippen LogP contribution in [-0.2, 0) is 14.8 Å². The van der Waals surface area contributed by atoms with Gasteiger partial charge >= 0.3 is 0 Å². The summed E-state index contributed by atoms with van der Waals surface area (Å²) in [6.07, 6.45) is 1.83. The van der Waals surface area contributed by atoms with Crippen LogP contribution >= 0.6 is 0 Å². The fraction of sp³-hybridized carbons (Fsp3) is 0.750. The van der Waals surface area contributed by atoms with Gasteiger partial charge in [-0.15, -0.1) is 0 Å². The van der Waals surface area contributed by atoms with Gasteiger partial charge in [0.05, 0.1) is 13.2 Å². The molecule has 0 radical (unpaired) electrons. The van der Waals surface area contributed by atoms with Crippen LogP contribution in [0.2, 0.25) is 0 Å². The molecule has 0 aromatic heterocycles. The molecule has 0 N–H and O–H groups in total. The van der Waals surface area contributed by atoms with E-state index >= 15 is 0 Å². The molecule has 0 aliphatic carbocycles. The van der Waals surface area contributed by atoms with Gasteiger partial charge in [-0.1, -0.05) is 6.58 Å². The largest absolute Gasteiger partial charge is 0.378 e. The van der Waals surface area contributed by atoms with E-state index in [1.54, 1.807) is 4.31 Å². The number of hydrogen-bond acceptors (Lipinski definition) is 3. The highest BCUT2D eigenvalue weighted by Crippen LogP contribution is 2.31. The Labute approximate surface area is 78.2 Å². The van der Waals surface area contributed by atoms with E-state index in [9.17, 15) is 8.42 Å². The van der Waals surface area contributed by atoms with Crippen LogP contribution in [0.4, 0.5) is 0 Å². The van der Waals surface area contributed by atoms with Crippen molar-refractivity contribution in [1.82, 2.24) is 4.31 Å². The Balaban J connectivity index is 2.29. The number of fused-ring (bicyclic) bond motifs is 2. The number of rotatable bonds is 2. The highest BCUT2D eigenvalue weighted by molar-refractivity contribution is 7.92. The van der Waals surface area contributed by atoms with Crippen molar-refractivity contribution < 1.29 is 13.2 Å². The van der Waals surface area contributed by atoms with Gasteiger partial charge in [0.15, 0.2) is 0 Å². The third kappa shape index (κ3) is 1.41. The first-order chi connectivity index (χ1) is 6.15. The summed E-state index contributed by atoms with van der Waals surface area (Å²) >= 11 is 0. The smallest absolute Gasteiger partial charge is 0.236 e. The summed E-state index contributed by atoms with van der Waals surface area (Å²) in [7, 11) is -3.24. The Kier molecular flexibility index (Phi) is 2.17.